The van der Waals surface area contributed by atoms with E-state index >= 15 is 0 Å². The molecule has 0 aliphatic rings. The van der Waals surface area contributed by atoms with Gasteiger partial charge in [0.05, 0.1) is 0 Å². The van der Waals surface area contributed by atoms with Crippen LogP contribution >= 0.6 is 0 Å². The van der Waals surface area contributed by atoms with Gasteiger partial charge in [-0.15, -0.1) is 0 Å². The van der Waals surface area contributed by atoms with Crippen molar-refractivity contribution < 1.29 is 0 Å². The van der Waals surface area contributed by atoms with E-state index in [4.69, 9.17) is 0 Å². The Bertz CT molecular complexity index is 297. The second-order valence-corrected chi connectivity index (χ2v) is 6.09. The van der Waals surface area contributed by atoms with E-state index in [0.717, 1.165) is 12.5 Å². The molecule has 1 rings (SSSR count). The number of hydrogen-bond acceptors (Lipinski definition) is 1. The molecule has 0 radical (unpaired) electrons. The summed E-state index contributed by atoms with van der Waals surface area (Å²) >= 11 is 0. The maximum atomic E-state index is 3.55. The molecule has 1 aromatic rings. The van der Waals surface area contributed by atoms with Gasteiger partial charge in [0, 0.05) is 5.54 Å². The van der Waals surface area contributed by atoms with Crippen molar-refractivity contribution in [3.8, 4) is 0 Å². The molecule has 1 heteroatoms. The molecule has 0 aromatic heterocycles. The van der Waals surface area contributed by atoms with E-state index in [1.165, 1.54) is 24.8 Å². The van der Waals surface area contributed by atoms with Crippen LogP contribution in [0.5, 0.6) is 0 Å². The Hall–Kier alpha value is -0.820. The SMILES string of the molecule is CC(CCNC(C)(C)C)CCc1ccccc1. The Morgan fingerprint density at radius 1 is 1.06 bits per heavy atom. The van der Waals surface area contributed by atoms with Gasteiger partial charge in [-0.1, -0.05) is 37.3 Å². The molecule has 0 aliphatic carbocycles. The third kappa shape index (κ3) is 7.17. The van der Waals surface area contributed by atoms with Crippen LogP contribution in [-0.2, 0) is 6.42 Å². The molecular weight excluding hydrogens is 206 g/mol. The van der Waals surface area contributed by atoms with Gasteiger partial charge >= 0.3 is 0 Å². The second-order valence-electron chi connectivity index (χ2n) is 6.09. The van der Waals surface area contributed by atoms with Crippen molar-refractivity contribution in [1.29, 1.82) is 0 Å². The van der Waals surface area contributed by atoms with E-state index in [2.05, 4.69) is 63.3 Å². The first-order chi connectivity index (χ1) is 7.97. The van der Waals surface area contributed by atoms with E-state index in [1.807, 2.05) is 0 Å². The highest BCUT2D eigenvalue weighted by molar-refractivity contribution is 5.14. The molecule has 96 valence electrons. The van der Waals surface area contributed by atoms with Crippen LogP contribution in [0.1, 0.15) is 46.1 Å². The van der Waals surface area contributed by atoms with Crippen molar-refractivity contribution in [3.63, 3.8) is 0 Å². The third-order valence-corrected chi connectivity index (χ3v) is 3.06. The van der Waals surface area contributed by atoms with Crippen LogP contribution in [-0.4, -0.2) is 12.1 Å². The maximum absolute atomic E-state index is 3.55. The highest BCUT2D eigenvalue weighted by Crippen LogP contribution is 2.12. The van der Waals surface area contributed by atoms with E-state index in [1.54, 1.807) is 0 Å². The summed E-state index contributed by atoms with van der Waals surface area (Å²) in [6, 6.07) is 10.8. The molecule has 0 aliphatic heterocycles. The monoisotopic (exact) mass is 233 g/mol. The molecule has 17 heavy (non-hydrogen) atoms. The highest BCUT2D eigenvalue weighted by atomic mass is 14.9. The minimum absolute atomic E-state index is 0.249. The summed E-state index contributed by atoms with van der Waals surface area (Å²) < 4.78 is 0. The largest absolute Gasteiger partial charge is 0.312 e. The van der Waals surface area contributed by atoms with Crippen molar-refractivity contribution in [2.45, 2.75) is 52.5 Å². The van der Waals surface area contributed by atoms with Gasteiger partial charge in [0.2, 0.25) is 0 Å². The summed E-state index contributed by atoms with van der Waals surface area (Å²) in [6.45, 7) is 10.2. The molecular formula is C16H27N. The van der Waals surface area contributed by atoms with Gasteiger partial charge in [-0.3, -0.25) is 0 Å². The van der Waals surface area contributed by atoms with E-state index in [0.29, 0.717) is 0 Å². The van der Waals surface area contributed by atoms with Crippen LogP contribution in [0.2, 0.25) is 0 Å². The van der Waals surface area contributed by atoms with E-state index in [9.17, 15) is 0 Å². The van der Waals surface area contributed by atoms with Crippen LogP contribution in [0.3, 0.4) is 0 Å². The summed E-state index contributed by atoms with van der Waals surface area (Å²) in [5.74, 6) is 0.796. The van der Waals surface area contributed by atoms with Crippen molar-refractivity contribution in [2.24, 2.45) is 5.92 Å². The van der Waals surface area contributed by atoms with Gasteiger partial charge in [-0.05, 0) is 58.1 Å². The summed E-state index contributed by atoms with van der Waals surface area (Å²) in [7, 11) is 0. The van der Waals surface area contributed by atoms with Crippen molar-refractivity contribution in [2.75, 3.05) is 6.54 Å². The average Bonchev–Trinajstić information content (AvgIpc) is 2.26. The molecule has 0 spiro atoms. The molecule has 1 N–H and O–H groups in total. The molecule has 0 saturated carbocycles. The lowest BCUT2D eigenvalue weighted by atomic mass is 9.98. The smallest absolute Gasteiger partial charge is 0.00965 e. The second kappa shape index (κ2) is 6.80. The molecule has 0 fully saturated rings. The molecule has 1 nitrogen and oxygen atoms in total. The van der Waals surface area contributed by atoms with Crippen LogP contribution in [0.4, 0.5) is 0 Å². The lowest BCUT2D eigenvalue weighted by Crippen LogP contribution is -2.36. The molecule has 1 unspecified atom stereocenters. The maximum Gasteiger partial charge on any atom is 0.00965 e. The van der Waals surface area contributed by atoms with Crippen molar-refractivity contribution >= 4 is 0 Å². The highest BCUT2D eigenvalue weighted by Gasteiger charge is 2.09. The first-order valence-corrected chi connectivity index (χ1v) is 6.76. The topological polar surface area (TPSA) is 12.0 Å². The number of nitrogens with one attached hydrogen (secondary N) is 1. The Labute approximate surface area is 107 Å². The summed E-state index contributed by atoms with van der Waals surface area (Å²) in [6.07, 6.45) is 3.76. The third-order valence-electron chi connectivity index (χ3n) is 3.06. The molecule has 1 atom stereocenters. The fourth-order valence-corrected chi connectivity index (χ4v) is 1.90. The standard InChI is InChI=1S/C16H27N/c1-14(12-13-17-16(2,3)4)10-11-15-8-6-5-7-9-15/h5-9,14,17H,10-13H2,1-4H3. The Morgan fingerprint density at radius 2 is 1.71 bits per heavy atom. The Balaban J connectivity index is 2.15. The van der Waals surface area contributed by atoms with Gasteiger partial charge in [0.1, 0.15) is 0 Å². The minimum Gasteiger partial charge on any atom is -0.312 e. The molecule has 0 heterocycles. The Morgan fingerprint density at radius 3 is 2.29 bits per heavy atom. The van der Waals surface area contributed by atoms with Gasteiger partial charge < -0.3 is 5.32 Å². The number of aryl methyl sites for hydroxylation is 1. The van der Waals surface area contributed by atoms with Gasteiger partial charge in [0.15, 0.2) is 0 Å². The lowest BCUT2D eigenvalue weighted by molar-refractivity contribution is 0.386. The predicted octanol–water partition coefficient (Wildman–Crippen LogP) is 4.03. The lowest BCUT2D eigenvalue weighted by Gasteiger charge is -2.22. The molecule has 0 amide bonds. The van der Waals surface area contributed by atoms with E-state index < -0.39 is 0 Å². The first-order valence-electron chi connectivity index (χ1n) is 6.76. The van der Waals surface area contributed by atoms with Crippen LogP contribution in [0.25, 0.3) is 0 Å². The van der Waals surface area contributed by atoms with Gasteiger partial charge in [0.25, 0.3) is 0 Å². The fourth-order valence-electron chi connectivity index (χ4n) is 1.90. The molecule has 0 bridgehead atoms. The number of benzene rings is 1. The summed E-state index contributed by atoms with van der Waals surface area (Å²) in [4.78, 5) is 0. The fraction of sp³-hybridized carbons (Fsp3) is 0.625. The zero-order valence-electron chi connectivity index (χ0n) is 11.8. The number of hydrogen-bond donors (Lipinski definition) is 1. The van der Waals surface area contributed by atoms with Crippen LogP contribution in [0.15, 0.2) is 30.3 Å². The summed E-state index contributed by atoms with van der Waals surface area (Å²) in [5.41, 5.74) is 1.71. The quantitative estimate of drug-likeness (QED) is 0.782. The van der Waals surface area contributed by atoms with E-state index in [-0.39, 0.29) is 5.54 Å². The van der Waals surface area contributed by atoms with Crippen molar-refractivity contribution in [1.82, 2.24) is 5.32 Å². The first kappa shape index (κ1) is 14.2. The Kier molecular flexibility index (Phi) is 5.70. The average molecular weight is 233 g/mol. The minimum atomic E-state index is 0.249. The normalized spacial score (nSPS) is 13.6. The molecule has 1 aromatic carbocycles. The number of rotatable bonds is 6. The van der Waals surface area contributed by atoms with Gasteiger partial charge in [-0.2, -0.15) is 0 Å². The summed E-state index contributed by atoms with van der Waals surface area (Å²) in [5, 5.41) is 3.55. The zero-order chi connectivity index (χ0) is 12.7. The van der Waals surface area contributed by atoms with Crippen LogP contribution < -0.4 is 5.32 Å². The zero-order valence-corrected chi connectivity index (χ0v) is 11.8. The van der Waals surface area contributed by atoms with Crippen LogP contribution in [0, 0.1) is 5.92 Å². The van der Waals surface area contributed by atoms with Crippen molar-refractivity contribution in [3.05, 3.63) is 35.9 Å². The predicted molar refractivity (Wildman–Crippen MR) is 76.3 cm³/mol. The van der Waals surface area contributed by atoms with Gasteiger partial charge in [-0.25, -0.2) is 0 Å². The molecule has 0 saturated heterocycles.